The summed E-state index contributed by atoms with van der Waals surface area (Å²) >= 11 is 0. The maximum atomic E-state index is 4.03. The number of unbranched alkanes of at least 4 members (excludes halogenated alkanes) is 1. The van der Waals surface area contributed by atoms with E-state index >= 15 is 0 Å². The molecule has 3 aliphatic carbocycles. The quantitative estimate of drug-likeness (QED) is 0.295. The van der Waals surface area contributed by atoms with E-state index in [9.17, 15) is 0 Å². The van der Waals surface area contributed by atoms with Crippen LogP contribution in [0.4, 0.5) is 0 Å². The van der Waals surface area contributed by atoms with Crippen molar-refractivity contribution < 1.29 is 0 Å². The van der Waals surface area contributed by atoms with Gasteiger partial charge in [0.2, 0.25) is 0 Å². The molecule has 0 aliphatic heterocycles. The van der Waals surface area contributed by atoms with E-state index in [1.165, 1.54) is 109 Å². The van der Waals surface area contributed by atoms with Crippen molar-refractivity contribution in [1.82, 2.24) is 10.9 Å². The van der Waals surface area contributed by atoms with Crippen LogP contribution in [-0.2, 0) is 0 Å². The summed E-state index contributed by atoms with van der Waals surface area (Å²) in [6.45, 7) is 12.5. The number of hydrogen-bond acceptors (Lipinski definition) is 2. The summed E-state index contributed by atoms with van der Waals surface area (Å²) in [5.74, 6) is 2.75. The van der Waals surface area contributed by atoms with Gasteiger partial charge >= 0.3 is 0 Å². The molecule has 3 fully saturated rings. The topological polar surface area (TPSA) is 24.1 Å². The third-order valence-electron chi connectivity index (χ3n) is 9.70. The van der Waals surface area contributed by atoms with E-state index in [0.29, 0.717) is 5.41 Å². The van der Waals surface area contributed by atoms with Crippen molar-refractivity contribution in [3.63, 3.8) is 0 Å². The van der Waals surface area contributed by atoms with Crippen LogP contribution in [0, 0.1) is 23.2 Å². The highest BCUT2D eigenvalue weighted by Crippen LogP contribution is 2.45. The molecule has 2 atom stereocenters. The van der Waals surface area contributed by atoms with Crippen molar-refractivity contribution in [2.75, 3.05) is 0 Å². The Morgan fingerprint density at radius 3 is 1.80 bits per heavy atom. The predicted octanol–water partition coefficient (Wildman–Crippen LogP) is 8.17. The standard InChI is InChI=1S/C28H54N2/c1-6-7-19-28(5,25-17-10-11-18-25)30-29-27(4,22-23-13-12-14-23)21-20-26(2,3)24-15-8-9-16-24/h23-25,29-30H,6-22H2,1-5H3/t27?,28-/m0/s1. The van der Waals surface area contributed by atoms with Gasteiger partial charge in [0.15, 0.2) is 0 Å². The Bertz CT molecular complexity index is 499. The number of hydrogen-bond donors (Lipinski definition) is 2. The minimum atomic E-state index is 0.229. The molecule has 3 aliphatic rings. The van der Waals surface area contributed by atoms with E-state index < -0.39 is 0 Å². The molecule has 0 radical (unpaired) electrons. The summed E-state index contributed by atoms with van der Waals surface area (Å²) in [5, 5.41) is 0. The van der Waals surface area contributed by atoms with Gasteiger partial charge in [-0.1, -0.05) is 78.6 Å². The van der Waals surface area contributed by atoms with Gasteiger partial charge in [0.25, 0.3) is 0 Å². The van der Waals surface area contributed by atoms with Gasteiger partial charge in [-0.05, 0) is 88.4 Å². The van der Waals surface area contributed by atoms with Crippen LogP contribution in [0.25, 0.3) is 0 Å². The first-order chi connectivity index (χ1) is 14.3. The summed E-state index contributed by atoms with van der Waals surface area (Å²) in [6, 6.07) is 0. The fourth-order valence-electron chi connectivity index (χ4n) is 6.83. The van der Waals surface area contributed by atoms with Gasteiger partial charge in [0.1, 0.15) is 0 Å². The Balaban J connectivity index is 1.63. The highest BCUT2D eigenvalue weighted by Gasteiger charge is 2.40. The first-order valence-electron chi connectivity index (χ1n) is 13.8. The summed E-state index contributed by atoms with van der Waals surface area (Å²) in [4.78, 5) is 0. The van der Waals surface area contributed by atoms with Gasteiger partial charge in [0.05, 0.1) is 0 Å². The second-order valence-electron chi connectivity index (χ2n) is 12.8. The lowest BCUT2D eigenvalue weighted by Crippen LogP contribution is -2.61. The minimum absolute atomic E-state index is 0.229. The monoisotopic (exact) mass is 418 g/mol. The maximum absolute atomic E-state index is 4.03. The third kappa shape index (κ3) is 6.47. The Kier molecular flexibility index (Phi) is 8.75. The Morgan fingerprint density at radius 2 is 1.27 bits per heavy atom. The van der Waals surface area contributed by atoms with E-state index in [1.54, 1.807) is 0 Å². The summed E-state index contributed by atoms with van der Waals surface area (Å²) in [7, 11) is 0. The van der Waals surface area contributed by atoms with E-state index in [0.717, 1.165) is 17.8 Å². The van der Waals surface area contributed by atoms with Crippen LogP contribution >= 0.6 is 0 Å². The van der Waals surface area contributed by atoms with Crippen LogP contribution in [0.1, 0.15) is 144 Å². The van der Waals surface area contributed by atoms with Crippen LogP contribution in [0.15, 0.2) is 0 Å². The second-order valence-corrected chi connectivity index (χ2v) is 12.8. The largest absolute Gasteiger partial charge is 0.251 e. The van der Waals surface area contributed by atoms with Crippen LogP contribution in [0.5, 0.6) is 0 Å². The summed E-state index contributed by atoms with van der Waals surface area (Å²) < 4.78 is 0. The van der Waals surface area contributed by atoms with Gasteiger partial charge in [-0.25, -0.2) is 0 Å². The lowest BCUT2D eigenvalue weighted by Gasteiger charge is -2.45. The molecule has 176 valence electrons. The van der Waals surface area contributed by atoms with Crippen molar-refractivity contribution in [1.29, 1.82) is 0 Å². The molecule has 0 aromatic rings. The Labute approximate surface area is 189 Å². The molecule has 0 bridgehead atoms. The lowest BCUT2D eigenvalue weighted by atomic mass is 9.69. The normalized spacial score (nSPS) is 25.9. The van der Waals surface area contributed by atoms with Crippen molar-refractivity contribution in [2.45, 2.75) is 155 Å². The third-order valence-corrected chi connectivity index (χ3v) is 9.70. The molecule has 0 heterocycles. The number of rotatable bonds is 13. The molecule has 30 heavy (non-hydrogen) atoms. The molecule has 3 rings (SSSR count). The van der Waals surface area contributed by atoms with E-state index in [2.05, 4.69) is 45.5 Å². The van der Waals surface area contributed by atoms with Crippen LogP contribution < -0.4 is 10.9 Å². The molecule has 2 nitrogen and oxygen atoms in total. The van der Waals surface area contributed by atoms with Crippen molar-refractivity contribution in [2.24, 2.45) is 23.2 Å². The zero-order chi connectivity index (χ0) is 21.7. The van der Waals surface area contributed by atoms with Gasteiger partial charge in [-0.3, -0.25) is 10.9 Å². The van der Waals surface area contributed by atoms with Crippen LogP contribution in [-0.4, -0.2) is 11.1 Å². The molecule has 0 spiro atoms. The smallest absolute Gasteiger partial charge is 0.0324 e. The Morgan fingerprint density at radius 1 is 0.667 bits per heavy atom. The second kappa shape index (κ2) is 10.7. The zero-order valence-electron chi connectivity index (χ0n) is 21.3. The van der Waals surface area contributed by atoms with Crippen molar-refractivity contribution in [3.05, 3.63) is 0 Å². The summed E-state index contributed by atoms with van der Waals surface area (Å²) in [5.41, 5.74) is 9.04. The van der Waals surface area contributed by atoms with E-state index in [-0.39, 0.29) is 11.1 Å². The number of nitrogens with one attached hydrogen (secondary N) is 2. The zero-order valence-corrected chi connectivity index (χ0v) is 21.3. The molecular weight excluding hydrogens is 364 g/mol. The van der Waals surface area contributed by atoms with Gasteiger partial charge in [0, 0.05) is 11.1 Å². The minimum Gasteiger partial charge on any atom is -0.251 e. The molecule has 0 amide bonds. The fraction of sp³-hybridized carbons (Fsp3) is 1.00. The molecule has 0 aromatic heterocycles. The molecule has 3 saturated carbocycles. The first-order valence-corrected chi connectivity index (χ1v) is 13.8. The van der Waals surface area contributed by atoms with Gasteiger partial charge in [-0.2, -0.15) is 0 Å². The Hall–Kier alpha value is -0.0800. The SMILES string of the molecule is CCCC[C@](C)(NNC(C)(CCC(C)(C)C1CCCC1)CC1CCC1)C1CCCC1. The highest BCUT2D eigenvalue weighted by atomic mass is 15.4. The molecule has 2 N–H and O–H groups in total. The van der Waals surface area contributed by atoms with E-state index in [4.69, 9.17) is 0 Å². The average Bonchev–Trinajstić information content (AvgIpc) is 3.41. The maximum Gasteiger partial charge on any atom is 0.0324 e. The van der Waals surface area contributed by atoms with Crippen LogP contribution in [0.3, 0.4) is 0 Å². The van der Waals surface area contributed by atoms with Crippen molar-refractivity contribution >= 4 is 0 Å². The molecule has 0 aromatic carbocycles. The number of hydrazine groups is 1. The lowest BCUT2D eigenvalue weighted by molar-refractivity contribution is 0.0963. The molecule has 0 saturated heterocycles. The van der Waals surface area contributed by atoms with Gasteiger partial charge in [-0.15, -0.1) is 0 Å². The van der Waals surface area contributed by atoms with E-state index in [1.807, 2.05) is 0 Å². The van der Waals surface area contributed by atoms with Crippen LogP contribution in [0.2, 0.25) is 0 Å². The average molecular weight is 419 g/mol. The molecular formula is C28H54N2. The molecule has 1 unspecified atom stereocenters. The first kappa shape index (κ1) is 24.6. The molecule has 2 heteroatoms. The highest BCUT2D eigenvalue weighted by molar-refractivity contribution is 4.96. The summed E-state index contributed by atoms with van der Waals surface area (Å²) in [6.07, 6.45) is 23.9. The van der Waals surface area contributed by atoms with Gasteiger partial charge < -0.3 is 0 Å². The fourth-order valence-corrected chi connectivity index (χ4v) is 6.83. The predicted molar refractivity (Wildman–Crippen MR) is 131 cm³/mol. The van der Waals surface area contributed by atoms with Crippen molar-refractivity contribution in [3.8, 4) is 0 Å².